The Labute approximate surface area is 151 Å². The molecule has 2 N–H and O–H groups in total. The first-order chi connectivity index (χ1) is 12.4. The molecule has 1 amide bonds. The van der Waals surface area contributed by atoms with E-state index in [2.05, 4.69) is 10.5 Å². The first-order valence-electron chi connectivity index (χ1n) is 8.15. The smallest absolute Gasteiger partial charge is 0.332 e. The largest absolute Gasteiger partial charge is 0.489 e. The van der Waals surface area contributed by atoms with Crippen LogP contribution in [-0.4, -0.2) is 41.4 Å². The topological polar surface area (TPSA) is 111 Å². The van der Waals surface area contributed by atoms with Gasteiger partial charge in [-0.1, -0.05) is 5.16 Å². The Morgan fingerprint density at radius 1 is 1.27 bits per heavy atom. The SMILES string of the molecule is Cc1noc(C)c1COc1ccc(C(=O)NCCOC(C)C(=O)O)cc1. The highest BCUT2D eigenvalue weighted by atomic mass is 16.5. The molecule has 0 saturated heterocycles. The van der Waals surface area contributed by atoms with E-state index < -0.39 is 12.1 Å². The molecule has 0 saturated carbocycles. The van der Waals surface area contributed by atoms with Crippen molar-refractivity contribution in [2.75, 3.05) is 13.2 Å². The van der Waals surface area contributed by atoms with Crippen LogP contribution in [0.25, 0.3) is 0 Å². The average molecular weight is 362 g/mol. The Bertz CT molecular complexity index is 734. The molecule has 26 heavy (non-hydrogen) atoms. The summed E-state index contributed by atoms with van der Waals surface area (Å²) in [7, 11) is 0. The Morgan fingerprint density at radius 3 is 2.54 bits per heavy atom. The maximum absolute atomic E-state index is 12.0. The van der Waals surface area contributed by atoms with Gasteiger partial charge in [-0.15, -0.1) is 0 Å². The Kier molecular flexibility index (Phi) is 6.74. The normalized spacial score (nSPS) is 11.8. The van der Waals surface area contributed by atoms with Crippen molar-refractivity contribution in [3.63, 3.8) is 0 Å². The fourth-order valence-corrected chi connectivity index (χ4v) is 2.14. The van der Waals surface area contributed by atoms with E-state index in [9.17, 15) is 9.59 Å². The molecule has 0 aliphatic carbocycles. The van der Waals surface area contributed by atoms with Crippen molar-refractivity contribution in [2.45, 2.75) is 33.5 Å². The van der Waals surface area contributed by atoms with Gasteiger partial charge in [0.2, 0.25) is 0 Å². The van der Waals surface area contributed by atoms with Gasteiger partial charge < -0.3 is 24.4 Å². The fourth-order valence-electron chi connectivity index (χ4n) is 2.14. The third-order valence-electron chi connectivity index (χ3n) is 3.78. The molecule has 0 aliphatic rings. The number of nitrogens with one attached hydrogen (secondary N) is 1. The van der Waals surface area contributed by atoms with Crippen molar-refractivity contribution in [3.8, 4) is 5.75 Å². The molecular formula is C18H22N2O6. The van der Waals surface area contributed by atoms with Crippen LogP contribution in [0, 0.1) is 13.8 Å². The zero-order valence-corrected chi connectivity index (χ0v) is 14.9. The van der Waals surface area contributed by atoms with Crippen LogP contribution in [-0.2, 0) is 16.1 Å². The average Bonchev–Trinajstić information content (AvgIpc) is 2.95. The van der Waals surface area contributed by atoms with Crippen LogP contribution in [0.5, 0.6) is 5.75 Å². The second-order valence-electron chi connectivity index (χ2n) is 5.72. The molecule has 1 heterocycles. The lowest BCUT2D eigenvalue weighted by molar-refractivity contribution is -0.148. The first kappa shape index (κ1) is 19.5. The van der Waals surface area contributed by atoms with Crippen molar-refractivity contribution in [3.05, 3.63) is 46.8 Å². The number of ether oxygens (including phenoxy) is 2. The molecule has 0 bridgehead atoms. The number of carbonyl (C=O) groups is 2. The molecule has 1 aromatic heterocycles. The highest BCUT2D eigenvalue weighted by Crippen LogP contribution is 2.17. The summed E-state index contributed by atoms with van der Waals surface area (Å²) in [6.45, 7) is 5.80. The van der Waals surface area contributed by atoms with Gasteiger partial charge in [-0.05, 0) is 45.0 Å². The summed E-state index contributed by atoms with van der Waals surface area (Å²) in [6, 6.07) is 6.71. The molecule has 0 radical (unpaired) electrons. The number of rotatable bonds is 9. The predicted molar refractivity (Wildman–Crippen MR) is 92.1 cm³/mol. The standard InChI is InChI=1S/C18H22N2O6/c1-11-16(12(2)26-20-11)10-25-15-6-4-14(5-7-15)17(21)19-8-9-24-13(3)18(22)23/h4-7,13H,8-10H2,1-3H3,(H,19,21)(H,22,23). The number of amides is 1. The maximum Gasteiger partial charge on any atom is 0.332 e. The number of aromatic nitrogens is 1. The highest BCUT2D eigenvalue weighted by Gasteiger charge is 2.12. The molecule has 2 aromatic rings. The van der Waals surface area contributed by atoms with Gasteiger partial charge >= 0.3 is 5.97 Å². The van der Waals surface area contributed by atoms with Gasteiger partial charge in [-0.25, -0.2) is 4.79 Å². The Morgan fingerprint density at radius 2 is 1.96 bits per heavy atom. The van der Waals surface area contributed by atoms with Crippen LogP contribution in [0.15, 0.2) is 28.8 Å². The van der Waals surface area contributed by atoms with Gasteiger partial charge in [0.25, 0.3) is 5.91 Å². The summed E-state index contributed by atoms with van der Waals surface area (Å²) in [5.41, 5.74) is 2.17. The molecule has 0 fully saturated rings. The van der Waals surface area contributed by atoms with E-state index in [0.29, 0.717) is 17.9 Å². The van der Waals surface area contributed by atoms with Crippen LogP contribution >= 0.6 is 0 Å². The molecule has 0 spiro atoms. The fraction of sp³-hybridized carbons (Fsp3) is 0.389. The van der Waals surface area contributed by atoms with Crippen LogP contribution in [0.4, 0.5) is 0 Å². The monoisotopic (exact) mass is 362 g/mol. The van der Waals surface area contributed by atoms with Gasteiger partial charge in [0, 0.05) is 12.1 Å². The summed E-state index contributed by atoms with van der Waals surface area (Å²) < 4.78 is 15.8. The molecule has 140 valence electrons. The predicted octanol–water partition coefficient (Wildman–Crippen LogP) is 2.09. The first-order valence-corrected chi connectivity index (χ1v) is 8.15. The van der Waals surface area contributed by atoms with E-state index in [1.165, 1.54) is 6.92 Å². The minimum Gasteiger partial charge on any atom is -0.489 e. The number of carboxylic acid groups (broad SMARTS) is 1. The van der Waals surface area contributed by atoms with E-state index in [1.807, 2.05) is 13.8 Å². The van der Waals surface area contributed by atoms with E-state index in [-0.39, 0.29) is 19.1 Å². The van der Waals surface area contributed by atoms with Gasteiger partial charge in [-0.2, -0.15) is 0 Å². The number of hydrogen-bond donors (Lipinski definition) is 2. The lowest BCUT2D eigenvalue weighted by Gasteiger charge is -2.10. The number of aliphatic carboxylic acids is 1. The number of nitrogens with zero attached hydrogens (tertiary/aromatic N) is 1. The summed E-state index contributed by atoms with van der Waals surface area (Å²) in [5, 5.41) is 15.2. The third kappa shape index (κ3) is 5.32. The van der Waals surface area contributed by atoms with Crippen molar-refractivity contribution in [2.24, 2.45) is 0 Å². The van der Waals surface area contributed by atoms with Gasteiger partial charge in [0.15, 0.2) is 6.10 Å². The Hall–Kier alpha value is -2.87. The summed E-state index contributed by atoms with van der Waals surface area (Å²) >= 11 is 0. The summed E-state index contributed by atoms with van der Waals surface area (Å²) in [5.74, 6) is 0.0375. The van der Waals surface area contributed by atoms with E-state index >= 15 is 0 Å². The van der Waals surface area contributed by atoms with Gasteiger partial charge in [0.1, 0.15) is 18.1 Å². The van der Waals surface area contributed by atoms with E-state index in [1.54, 1.807) is 24.3 Å². The molecule has 2 rings (SSSR count). The second-order valence-corrected chi connectivity index (χ2v) is 5.72. The van der Waals surface area contributed by atoms with Gasteiger partial charge in [-0.3, -0.25) is 4.79 Å². The van der Waals surface area contributed by atoms with Gasteiger partial charge in [0.05, 0.1) is 17.9 Å². The van der Waals surface area contributed by atoms with Crippen molar-refractivity contribution in [1.29, 1.82) is 0 Å². The van der Waals surface area contributed by atoms with Crippen molar-refractivity contribution >= 4 is 11.9 Å². The molecule has 0 aliphatic heterocycles. The summed E-state index contributed by atoms with van der Waals surface area (Å²) in [4.78, 5) is 22.6. The number of benzene rings is 1. The number of hydrogen-bond acceptors (Lipinski definition) is 6. The molecule has 1 atom stereocenters. The molecule has 8 heteroatoms. The van der Waals surface area contributed by atoms with Crippen LogP contribution < -0.4 is 10.1 Å². The third-order valence-corrected chi connectivity index (χ3v) is 3.78. The molecular weight excluding hydrogens is 340 g/mol. The second kappa shape index (κ2) is 9.00. The minimum absolute atomic E-state index is 0.123. The quantitative estimate of drug-likeness (QED) is 0.657. The lowest BCUT2D eigenvalue weighted by Crippen LogP contribution is -2.30. The molecule has 8 nitrogen and oxygen atoms in total. The van der Waals surface area contributed by atoms with Crippen LogP contribution in [0.2, 0.25) is 0 Å². The van der Waals surface area contributed by atoms with E-state index in [0.717, 1.165) is 17.0 Å². The summed E-state index contributed by atoms with van der Waals surface area (Å²) in [6.07, 6.45) is -0.902. The van der Waals surface area contributed by atoms with Crippen LogP contribution in [0.1, 0.15) is 34.3 Å². The molecule has 1 unspecified atom stereocenters. The maximum atomic E-state index is 12.0. The zero-order chi connectivity index (χ0) is 19.1. The minimum atomic E-state index is -1.04. The number of carboxylic acids is 1. The van der Waals surface area contributed by atoms with Crippen molar-refractivity contribution < 1.29 is 28.7 Å². The number of aryl methyl sites for hydroxylation is 2. The Balaban J connectivity index is 1.79. The van der Waals surface area contributed by atoms with Crippen molar-refractivity contribution in [1.82, 2.24) is 10.5 Å². The lowest BCUT2D eigenvalue weighted by atomic mass is 10.2. The highest BCUT2D eigenvalue weighted by molar-refractivity contribution is 5.94. The van der Waals surface area contributed by atoms with Crippen LogP contribution in [0.3, 0.4) is 0 Å². The van der Waals surface area contributed by atoms with E-state index in [4.69, 9.17) is 19.1 Å². The number of carbonyl (C=O) groups excluding carboxylic acids is 1. The molecule has 1 aromatic carbocycles. The zero-order valence-electron chi connectivity index (χ0n) is 14.9.